The zero-order valence-corrected chi connectivity index (χ0v) is 14.0. The van der Waals surface area contributed by atoms with E-state index in [0.29, 0.717) is 28.6 Å². The molecule has 7 nitrogen and oxygen atoms in total. The maximum atomic E-state index is 12.4. The van der Waals surface area contributed by atoms with E-state index in [2.05, 4.69) is 10.3 Å². The summed E-state index contributed by atoms with van der Waals surface area (Å²) in [5, 5.41) is 2.62. The molecule has 0 aliphatic carbocycles. The lowest BCUT2D eigenvalue weighted by Gasteiger charge is -2.07. The molecule has 134 valence electrons. The topological polar surface area (TPSA) is 90.7 Å². The Bertz CT molecular complexity index is 1010. The van der Waals surface area contributed by atoms with Crippen LogP contribution in [0.25, 0.3) is 6.08 Å². The third kappa shape index (κ3) is 3.72. The van der Waals surface area contributed by atoms with Crippen LogP contribution in [0, 0.1) is 0 Å². The van der Waals surface area contributed by atoms with Gasteiger partial charge in [-0.1, -0.05) is 6.07 Å². The minimum absolute atomic E-state index is 0.171. The maximum Gasteiger partial charge on any atom is 0.263 e. The highest BCUT2D eigenvalue weighted by Crippen LogP contribution is 2.34. The number of Topliss-reactive ketones (excluding diaryl/α,β-unsaturated/α-hetero) is 1. The Labute approximate surface area is 154 Å². The van der Waals surface area contributed by atoms with Crippen LogP contribution in [-0.2, 0) is 4.79 Å². The monoisotopic (exact) mass is 362 g/mol. The Morgan fingerprint density at radius 1 is 1.19 bits per heavy atom. The second-order valence-electron chi connectivity index (χ2n) is 5.66. The van der Waals surface area contributed by atoms with Gasteiger partial charge in [-0.3, -0.25) is 9.59 Å². The molecule has 0 atom stereocenters. The number of anilines is 1. The molecule has 0 saturated heterocycles. The first-order valence-electron chi connectivity index (χ1n) is 8.14. The van der Waals surface area contributed by atoms with Crippen LogP contribution < -0.4 is 14.8 Å². The van der Waals surface area contributed by atoms with Gasteiger partial charge < -0.3 is 19.2 Å². The van der Waals surface area contributed by atoms with Gasteiger partial charge in [0.2, 0.25) is 5.78 Å². The standard InChI is InChI=1S/C20H14N2O5/c23-19(22-18-5-1-2-8-21-18)12-26-14-6-7-15-16(10-14)27-17(20(15)24)11-13-4-3-9-25-13/h1-11H,12H2,(H,21,22,23). The average molecular weight is 362 g/mol. The van der Waals surface area contributed by atoms with E-state index in [1.165, 1.54) is 12.3 Å². The molecule has 1 aromatic carbocycles. The van der Waals surface area contributed by atoms with Crippen molar-refractivity contribution in [2.75, 3.05) is 11.9 Å². The van der Waals surface area contributed by atoms with Crippen LogP contribution in [0.15, 0.2) is 71.2 Å². The number of carbonyl (C=O) groups is 2. The number of rotatable bonds is 5. The molecular formula is C20H14N2O5. The largest absolute Gasteiger partial charge is 0.484 e. The van der Waals surface area contributed by atoms with Crippen LogP contribution in [-0.4, -0.2) is 23.3 Å². The fraction of sp³-hybridized carbons (Fsp3) is 0.0500. The second-order valence-corrected chi connectivity index (χ2v) is 5.66. The second kappa shape index (κ2) is 7.17. The number of ketones is 1. The number of aromatic nitrogens is 1. The summed E-state index contributed by atoms with van der Waals surface area (Å²) in [6, 6.07) is 13.4. The van der Waals surface area contributed by atoms with Gasteiger partial charge in [0.25, 0.3) is 5.91 Å². The van der Waals surface area contributed by atoms with Crippen molar-refractivity contribution in [2.45, 2.75) is 0 Å². The molecule has 4 rings (SSSR count). The normalized spacial score (nSPS) is 13.9. The van der Waals surface area contributed by atoms with Crippen molar-refractivity contribution in [3.63, 3.8) is 0 Å². The molecule has 1 N–H and O–H groups in total. The van der Waals surface area contributed by atoms with Crippen LogP contribution >= 0.6 is 0 Å². The van der Waals surface area contributed by atoms with Crippen molar-refractivity contribution in [3.05, 3.63) is 78.1 Å². The Morgan fingerprint density at radius 2 is 2.11 bits per heavy atom. The van der Waals surface area contributed by atoms with Crippen LogP contribution in [0.2, 0.25) is 0 Å². The fourth-order valence-electron chi connectivity index (χ4n) is 2.52. The molecule has 1 aliphatic rings. The molecule has 0 fully saturated rings. The summed E-state index contributed by atoms with van der Waals surface area (Å²) in [5.74, 6) is 1.35. The minimum atomic E-state index is -0.343. The van der Waals surface area contributed by atoms with Crippen molar-refractivity contribution in [1.82, 2.24) is 4.98 Å². The number of carbonyl (C=O) groups excluding carboxylic acids is 2. The van der Waals surface area contributed by atoms with Crippen molar-refractivity contribution < 1.29 is 23.5 Å². The van der Waals surface area contributed by atoms with Crippen molar-refractivity contribution in [2.24, 2.45) is 0 Å². The van der Waals surface area contributed by atoms with Crippen LogP contribution in [0.3, 0.4) is 0 Å². The first-order valence-corrected chi connectivity index (χ1v) is 8.14. The highest BCUT2D eigenvalue weighted by atomic mass is 16.5. The van der Waals surface area contributed by atoms with E-state index in [1.807, 2.05) is 0 Å². The molecule has 1 aliphatic heterocycles. The summed E-state index contributed by atoms with van der Waals surface area (Å²) in [6.07, 6.45) is 4.63. The molecule has 2 aromatic heterocycles. The maximum absolute atomic E-state index is 12.4. The van der Waals surface area contributed by atoms with E-state index in [4.69, 9.17) is 13.9 Å². The Kier molecular flexibility index (Phi) is 4.40. The van der Waals surface area contributed by atoms with Crippen molar-refractivity contribution in [3.8, 4) is 11.5 Å². The highest BCUT2D eigenvalue weighted by Gasteiger charge is 2.28. The number of fused-ring (bicyclic) bond motifs is 1. The van der Waals surface area contributed by atoms with Gasteiger partial charge in [0, 0.05) is 18.3 Å². The van der Waals surface area contributed by atoms with E-state index in [1.54, 1.807) is 54.7 Å². The SMILES string of the molecule is O=C(COc1ccc2c(c1)OC(=Cc1ccco1)C2=O)Nc1ccccn1. The van der Waals surface area contributed by atoms with Crippen LogP contribution in [0.4, 0.5) is 5.82 Å². The molecule has 1 amide bonds. The van der Waals surface area contributed by atoms with E-state index < -0.39 is 0 Å². The van der Waals surface area contributed by atoms with Gasteiger partial charge in [-0.2, -0.15) is 0 Å². The van der Waals surface area contributed by atoms with E-state index >= 15 is 0 Å². The fourth-order valence-corrected chi connectivity index (χ4v) is 2.52. The number of ether oxygens (including phenoxy) is 2. The zero-order valence-electron chi connectivity index (χ0n) is 14.0. The van der Waals surface area contributed by atoms with E-state index in [9.17, 15) is 9.59 Å². The number of hydrogen-bond donors (Lipinski definition) is 1. The van der Waals surface area contributed by atoms with Crippen molar-refractivity contribution >= 4 is 23.6 Å². The molecule has 7 heteroatoms. The quantitative estimate of drug-likeness (QED) is 0.700. The summed E-state index contributed by atoms with van der Waals surface area (Å²) >= 11 is 0. The lowest BCUT2D eigenvalue weighted by molar-refractivity contribution is -0.118. The summed E-state index contributed by atoms with van der Waals surface area (Å²) in [6.45, 7) is -0.196. The van der Waals surface area contributed by atoms with Gasteiger partial charge in [-0.15, -0.1) is 0 Å². The smallest absolute Gasteiger partial charge is 0.263 e. The molecule has 0 spiro atoms. The zero-order chi connectivity index (χ0) is 18.6. The third-order valence-electron chi connectivity index (χ3n) is 3.76. The Balaban J connectivity index is 1.41. The number of hydrogen-bond acceptors (Lipinski definition) is 6. The molecule has 27 heavy (non-hydrogen) atoms. The summed E-state index contributed by atoms with van der Waals surface area (Å²) in [7, 11) is 0. The lowest BCUT2D eigenvalue weighted by atomic mass is 10.1. The van der Waals surface area contributed by atoms with Gasteiger partial charge >= 0.3 is 0 Å². The highest BCUT2D eigenvalue weighted by molar-refractivity contribution is 6.14. The predicted octanol–water partition coefficient (Wildman–Crippen LogP) is 3.31. The number of pyridine rings is 1. The lowest BCUT2D eigenvalue weighted by Crippen LogP contribution is -2.20. The molecule has 0 unspecified atom stereocenters. The van der Waals surface area contributed by atoms with Gasteiger partial charge in [0.05, 0.1) is 11.8 Å². The minimum Gasteiger partial charge on any atom is -0.484 e. The third-order valence-corrected chi connectivity index (χ3v) is 3.76. The summed E-state index contributed by atoms with van der Waals surface area (Å²) in [4.78, 5) is 28.3. The number of allylic oxidation sites excluding steroid dienone is 1. The molecular weight excluding hydrogens is 348 g/mol. The number of furan rings is 1. The van der Waals surface area contributed by atoms with Gasteiger partial charge in [0.15, 0.2) is 12.4 Å². The van der Waals surface area contributed by atoms with Gasteiger partial charge in [-0.25, -0.2) is 4.98 Å². The van der Waals surface area contributed by atoms with Crippen molar-refractivity contribution in [1.29, 1.82) is 0 Å². The first kappa shape index (κ1) is 16.6. The van der Waals surface area contributed by atoms with E-state index in [0.717, 1.165) is 0 Å². The molecule has 0 bridgehead atoms. The van der Waals surface area contributed by atoms with Gasteiger partial charge in [-0.05, 0) is 36.4 Å². The van der Waals surface area contributed by atoms with Crippen LogP contribution in [0.1, 0.15) is 16.1 Å². The Morgan fingerprint density at radius 3 is 2.89 bits per heavy atom. The van der Waals surface area contributed by atoms with E-state index in [-0.39, 0.29) is 24.1 Å². The number of amides is 1. The molecule has 0 saturated carbocycles. The van der Waals surface area contributed by atoms with Crippen LogP contribution in [0.5, 0.6) is 11.5 Å². The average Bonchev–Trinajstić information content (AvgIpc) is 3.29. The first-order chi connectivity index (χ1) is 13.2. The summed E-state index contributed by atoms with van der Waals surface area (Å²) in [5.41, 5.74) is 0.429. The summed E-state index contributed by atoms with van der Waals surface area (Å²) < 4.78 is 16.3. The number of nitrogens with zero attached hydrogens (tertiary/aromatic N) is 1. The predicted molar refractivity (Wildman–Crippen MR) is 96.4 cm³/mol. The number of nitrogens with one attached hydrogen (secondary N) is 1. The van der Waals surface area contributed by atoms with Gasteiger partial charge in [0.1, 0.15) is 23.1 Å². The molecule has 3 heterocycles. The Hall–Kier alpha value is -3.87. The number of benzene rings is 1. The molecule has 0 radical (unpaired) electrons. The molecule has 3 aromatic rings.